The molecule has 0 saturated carbocycles. The molecule has 1 saturated heterocycles. The largest absolute Gasteiger partial charge is 0.374 e. The van der Waals surface area contributed by atoms with Gasteiger partial charge < -0.3 is 14.2 Å². The Morgan fingerprint density at radius 2 is 1.74 bits per heavy atom. The van der Waals surface area contributed by atoms with Crippen molar-refractivity contribution in [3.05, 3.63) is 102 Å². The number of fused-ring (bicyclic) bond motifs is 1. The zero-order chi connectivity index (χ0) is 23.4. The molecule has 3 atom stereocenters. The van der Waals surface area contributed by atoms with Crippen LogP contribution in [0.25, 0.3) is 5.52 Å². The van der Waals surface area contributed by atoms with Gasteiger partial charge in [0.05, 0.1) is 42.8 Å². The summed E-state index contributed by atoms with van der Waals surface area (Å²) in [6.07, 6.45) is 1.24. The van der Waals surface area contributed by atoms with E-state index in [4.69, 9.17) is 14.2 Å². The molecule has 0 spiro atoms. The van der Waals surface area contributed by atoms with Crippen molar-refractivity contribution >= 4 is 5.52 Å². The lowest BCUT2D eigenvalue weighted by Crippen LogP contribution is -2.38. The van der Waals surface area contributed by atoms with Crippen molar-refractivity contribution in [2.45, 2.75) is 44.4 Å². The molecule has 0 radical (unpaired) electrons. The van der Waals surface area contributed by atoms with Crippen molar-refractivity contribution in [2.75, 3.05) is 6.61 Å². The van der Waals surface area contributed by atoms with E-state index in [0.717, 1.165) is 22.3 Å². The number of nitrogens with zero attached hydrogens (tertiary/aromatic N) is 4. The molecule has 1 fully saturated rings. The second-order valence-electron chi connectivity index (χ2n) is 8.47. The zero-order valence-corrected chi connectivity index (χ0v) is 19.0. The van der Waals surface area contributed by atoms with Crippen molar-refractivity contribution in [2.24, 2.45) is 0 Å². The second kappa shape index (κ2) is 9.74. The topological polar surface area (TPSA) is 81.7 Å². The van der Waals surface area contributed by atoms with Crippen molar-refractivity contribution in [3.63, 3.8) is 0 Å². The van der Waals surface area contributed by atoms with Gasteiger partial charge in [-0.3, -0.25) is 0 Å². The number of ether oxygens (including phenoxy) is 3. The van der Waals surface area contributed by atoms with Crippen molar-refractivity contribution < 1.29 is 14.2 Å². The summed E-state index contributed by atoms with van der Waals surface area (Å²) in [5.41, 5.74) is 3.12. The molecule has 5 rings (SSSR count). The van der Waals surface area contributed by atoms with E-state index in [9.17, 15) is 5.26 Å². The number of aromatic nitrogens is 3. The number of hydrogen-bond acceptors (Lipinski definition) is 6. The predicted molar refractivity (Wildman–Crippen MR) is 126 cm³/mol. The molecule has 0 amide bonds. The van der Waals surface area contributed by atoms with Gasteiger partial charge in [-0.1, -0.05) is 60.7 Å². The standard InChI is InChI=1S/C27H26N4O3/c1-20-24-12-13-25(31(24)30-19-29-20)27(18-28)26(33-16-22-10-6-3-7-11-22)14-23(34-27)17-32-15-21-8-4-2-5-9-21/h2-13,19,23,26H,14-17H2,1H3/t23-,26+,27?/m0/s1. The summed E-state index contributed by atoms with van der Waals surface area (Å²) in [4.78, 5) is 4.27. The lowest BCUT2D eigenvalue weighted by molar-refractivity contribution is -0.0935. The molecule has 1 aliphatic rings. The van der Waals surface area contributed by atoms with Crippen molar-refractivity contribution in [1.82, 2.24) is 14.6 Å². The Hall–Kier alpha value is -3.57. The maximum Gasteiger partial charge on any atom is 0.223 e. The van der Waals surface area contributed by atoms with Gasteiger partial charge in [-0.25, -0.2) is 9.50 Å². The van der Waals surface area contributed by atoms with Crippen LogP contribution >= 0.6 is 0 Å². The number of rotatable bonds is 8. The van der Waals surface area contributed by atoms with E-state index in [-0.39, 0.29) is 6.10 Å². The molecule has 7 nitrogen and oxygen atoms in total. The first-order valence-corrected chi connectivity index (χ1v) is 11.4. The number of hydrogen-bond donors (Lipinski definition) is 0. The molecule has 4 aromatic rings. The first-order valence-electron chi connectivity index (χ1n) is 11.4. The minimum atomic E-state index is -1.32. The van der Waals surface area contributed by atoms with Crippen LogP contribution in [0.5, 0.6) is 0 Å². The number of aryl methyl sites for hydroxylation is 1. The quantitative estimate of drug-likeness (QED) is 0.394. The fourth-order valence-corrected chi connectivity index (χ4v) is 4.45. The third-order valence-electron chi connectivity index (χ3n) is 6.18. The predicted octanol–water partition coefficient (Wildman–Crippen LogP) is 4.35. The fraction of sp³-hybridized carbons (Fsp3) is 0.296. The maximum atomic E-state index is 10.5. The van der Waals surface area contributed by atoms with Gasteiger partial charge >= 0.3 is 0 Å². The van der Waals surface area contributed by atoms with Crippen LogP contribution in [0.4, 0.5) is 0 Å². The van der Waals surface area contributed by atoms with Gasteiger partial charge in [0.2, 0.25) is 5.60 Å². The molecule has 2 aromatic carbocycles. The van der Waals surface area contributed by atoms with E-state index in [2.05, 4.69) is 16.2 Å². The maximum absolute atomic E-state index is 10.5. The lowest BCUT2D eigenvalue weighted by atomic mass is 9.94. The average Bonchev–Trinajstić information content (AvgIpc) is 3.47. The molecule has 3 heterocycles. The molecule has 172 valence electrons. The SMILES string of the molecule is Cc1ncnn2c(C3(C#N)O[C@H](COCc4ccccc4)C[C@H]3OCc3ccccc3)ccc12. The first-order chi connectivity index (χ1) is 16.7. The monoisotopic (exact) mass is 454 g/mol. The van der Waals surface area contributed by atoms with Crippen LogP contribution < -0.4 is 0 Å². The molecule has 2 aromatic heterocycles. The molecule has 0 bridgehead atoms. The smallest absolute Gasteiger partial charge is 0.223 e. The van der Waals surface area contributed by atoms with Crippen LogP contribution in [0, 0.1) is 18.3 Å². The molecule has 0 aliphatic carbocycles. The highest BCUT2D eigenvalue weighted by Gasteiger charge is 2.53. The minimum Gasteiger partial charge on any atom is -0.374 e. The highest BCUT2D eigenvalue weighted by Crippen LogP contribution is 2.42. The highest BCUT2D eigenvalue weighted by atomic mass is 16.6. The molecular weight excluding hydrogens is 428 g/mol. The van der Waals surface area contributed by atoms with E-state index in [0.29, 0.717) is 31.9 Å². The summed E-state index contributed by atoms with van der Waals surface area (Å²) < 4.78 is 20.5. The minimum absolute atomic E-state index is 0.294. The summed E-state index contributed by atoms with van der Waals surface area (Å²) in [7, 11) is 0. The fourth-order valence-electron chi connectivity index (χ4n) is 4.45. The summed E-state index contributed by atoms with van der Waals surface area (Å²) in [5, 5.41) is 14.9. The van der Waals surface area contributed by atoms with E-state index < -0.39 is 11.7 Å². The van der Waals surface area contributed by atoms with E-state index in [1.54, 1.807) is 4.52 Å². The van der Waals surface area contributed by atoms with E-state index in [1.807, 2.05) is 79.7 Å². The molecule has 34 heavy (non-hydrogen) atoms. The van der Waals surface area contributed by atoms with Gasteiger partial charge in [0.15, 0.2) is 0 Å². The lowest BCUT2D eigenvalue weighted by Gasteiger charge is -2.27. The number of nitriles is 1. The normalized spacial score (nSPS) is 22.1. The van der Waals surface area contributed by atoms with Crippen LogP contribution in [0.15, 0.2) is 79.1 Å². The number of benzene rings is 2. The first kappa shape index (κ1) is 22.2. The zero-order valence-electron chi connectivity index (χ0n) is 19.0. The Kier molecular flexibility index (Phi) is 6.37. The Balaban J connectivity index is 1.41. The average molecular weight is 455 g/mol. The van der Waals surface area contributed by atoms with Crippen LogP contribution in [0.1, 0.15) is 28.9 Å². The van der Waals surface area contributed by atoms with Gasteiger partial charge in [0, 0.05) is 6.42 Å². The van der Waals surface area contributed by atoms with Crippen LogP contribution in [0.3, 0.4) is 0 Å². The molecular formula is C27H26N4O3. The van der Waals surface area contributed by atoms with Gasteiger partial charge in [0.1, 0.15) is 18.5 Å². The third-order valence-corrected chi connectivity index (χ3v) is 6.18. The highest BCUT2D eigenvalue weighted by molar-refractivity contribution is 5.54. The summed E-state index contributed by atoms with van der Waals surface area (Å²) in [5.74, 6) is 0. The molecule has 7 heteroatoms. The molecule has 1 aliphatic heterocycles. The van der Waals surface area contributed by atoms with Gasteiger partial charge in [-0.05, 0) is 30.2 Å². The summed E-state index contributed by atoms with van der Waals surface area (Å²) in [6.45, 7) is 3.14. The van der Waals surface area contributed by atoms with Gasteiger partial charge in [-0.15, -0.1) is 0 Å². The Labute approximate surface area is 198 Å². The van der Waals surface area contributed by atoms with Crippen LogP contribution in [-0.2, 0) is 33.0 Å². The van der Waals surface area contributed by atoms with Gasteiger partial charge in [-0.2, -0.15) is 10.4 Å². The van der Waals surface area contributed by atoms with Crippen LogP contribution in [0.2, 0.25) is 0 Å². The third kappa shape index (κ3) is 4.31. The van der Waals surface area contributed by atoms with Crippen LogP contribution in [-0.4, -0.2) is 33.4 Å². The Bertz CT molecular complexity index is 1290. The molecule has 0 N–H and O–H groups in total. The van der Waals surface area contributed by atoms with Crippen molar-refractivity contribution in [3.8, 4) is 6.07 Å². The van der Waals surface area contributed by atoms with E-state index in [1.165, 1.54) is 6.33 Å². The van der Waals surface area contributed by atoms with E-state index >= 15 is 0 Å². The van der Waals surface area contributed by atoms with Crippen molar-refractivity contribution in [1.29, 1.82) is 5.26 Å². The Morgan fingerprint density at radius 1 is 1.03 bits per heavy atom. The second-order valence-corrected chi connectivity index (χ2v) is 8.47. The summed E-state index contributed by atoms with van der Waals surface area (Å²) >= 11 is 0. The Morgan fingerprint density at radius 3 is 2.44 bits per heavy atom. The molecule has 1 unspecified atom stereocenters. The summed E-state index contributed by atoms with van der Waals surface area (Å²) in [6, 6.07) is 26.2. The van der Waals surface area contributed by atoms with Gasteiger partial charge in [0.25, 0.3) is 0 Å².